The van der Waals surface area contributed by atoms with Crippen molar-refractivity contribution in [3.8, 4) is 16.9 Å². The van der Waals surface area contributed by atoms with Gasteiger partial charge in [-0.05, 0) is 48.9 Å². The molecule has 0 unspecified atom stereocenters. The Labute approximate surface area is 255 Å². The third-order valence-corrected chi connectivity index (χ3v) is 7.04. The summed E-state index contributed by atoms with van der Waals surface area (Å²) >= 11 is 6.18. The second-order valence-corrected chi connectivity index (χ2v) is 11.8. The molecule has 2 aromatic carbocycles. The maximum absolute atomic E-state index is 14.7. The molecular formula is C28H25ClFN5O8S. The van der Waals surface area contributed by atoms with Gasteiger partial charge in [0.25, 0.3) is 11.5 Å². The van der Waals surface area contributed by atoms with Gasteiger partial charge in [-0.25, -0.2) is 17.5 Å². The molecule has 2 aromatic heterocycles. The zero-order valence-electron chi connectivity index (χ0n) is 23.7. The van der Waals surface area contributed by atoms with Gasteiger partial charge in [0.1, 0.15) is 17.6 Å². The van der Waals surface area contributed by atoms with Crippen molar-refractivity contribution in [3.63, 3.8) is 0 Å². The Morgan fingerprint density at radius 3 is 2.39 bits per heavy atom. The fourth-order valence-electron chi connectivity index (χ4n) is 4.32. The van der Waals surface area contributed by atoms with Crippen molar-refractivity contribution < 1.29 is 36.3 Å². The molecule has 2 amide bonds. The summed E-state index contributed by atoms with van der Waals surface area (Å²) in [7, 11) is -2.61. The van der Waals surface area contributed by atoms with Crippen molar-refractivity contribution >= 4 is 44.9 Å². The number of carbonyl (C=O) groups is 3. The van der Waals surface area contributed by atoms with Crippen LogP contribution < -0.4 is 20.3 Å². The molecule has 0 fully saturated rings. The van der Waals surface area contributed by atoms with Gasteiger partial charge in [-0.1, -0.05) is 11.6 Å². The van der Waals surface area contributed by atoms with E-state index in [2.05, 4.69) is 15.5 Å². The first-order valence-corrected chi connectivity index (χ1v) is 15.0. The van der Waals surface area contributed by atoms with E-state index in [1.807, 2.05) is 0 Å². The first-order chi connectivity index (χ1) is 20.7. The summed E-state index contributed by atoms with van der Waals surface area (Å²) in [6.07, 6.45) is 1.75. The molecular weight excluding hydrogens is 621 g/mol. The van der Waals surface area contributed by atoms with Crippen LogP contribution in [0.25, 0.3) is 11.1 Å². The maximum Gasteiger partial charge on any atom is 0.267 e. The Balaban J connectivity index is 1.75. The van der Waals surface area contributed by atoms with E-state index in [0.717, 1.165) is 23.0 Å². The standard InChI is InChI=1S/C28H25ClFN5O8S/c1-14(36)18-7-5-16(29)9-20(18)21-11-26(37)35(13-24(21)42-3)23(12-25-33-32-15(2)43-25)28(39)31-17-6-8-19(22(30)10-17)27(38)34-44(4,40)41/h5-11,13,23H,12H2,1-4H3,(H,31,39)(H,34,38)/t23-/m0/s1. The van der Waals surface area contributed by atoms with E-state index in [1.165, 1.54) is 57.5 Å². The second kappa shape index (κ2) is 12.8. The minimum Gasteiger partial charge on any atom is -0.495 e. The normalized spacial score (nSPS) is 12.0. The lowest BCUT2D eigenvalue weighted by Crippen LogP contribution is -2.34. The smallest absolute Gasteiger partial charge is 0.267 e. The summed E-state index contributed by atoms with van der Waals surface area (Å²) < 4.78 is 51.1. The van der Waals surface area contributed by atoms with Crippen LogP contribution in [0.5, 0.6) is 5.75 Å². The third-order valence-electron chi connectivity index (χ3n) is 6.25. The van der Waals surface area contributed by atoms with Gasteiger partial charge in [-0.2, -0.15) is 0 Å². The van der Waals surface area contributed by atoms with Crippen molar-refractivity contribution in [2.24, 2.45) is 0 Å². The van der Waals surface area contributed by atoms with E-state index in [1.54, 1.807) is 4.72 Å². The van der Waals surface area contributed by atoms with Crippen LogP contribution in [0.3, 0.4) is 0 Å². The van der Waals surface area contributed by atoms with Crippen molar-refractivity contribution in [2.45, 2.75) is 26.3 Å². The van der Waals surface area contributed by atoms with Crippen molar-refractivity contribution in [1.29, 1.82) is 0 Å². The van der Waals surface area contributed by atoms with Crippen molar-refractivity contribution in [1.82, 2.24) is 19.5 Å². The number of benzene rings is 2. The molecule has 0 saturated heterocycles. The second-order valence-electron chi connectivity index (χ2n) is 9.57. The summed E-state index contributed by atoms with van der Waals surface area (Å²) in [6.45, 7) is 2.90. The number of aryl methyl sites for hydroxylation is 1. The van der Waals surface area contributed by atoms with Crippen molar-refractivity contribution in [2.75, 3.05) is 18.7 Å². The SMILES string of the molecule is COc1cn([C@@H](Cc2nnc(C)o2)C(=O)Nc2ccc(C(=O)NS(C)(=O)=O)c(F)c2)c(=O)cc1-c1cc(Cl)ccc1C(C)=O. The molecule has 0 aliphatic heterocycles. The Kier molecular flexibility index (Phi) is 9.30. The molecule has 0 aliphatic carbocycles. The summed E-state index contributed by atoms with van der Waals surface area (Å²) in [5.74, 6) is -3.04. The number of carbonyl (C=O) groups excluding carboxylic acids is 3. The first kappa shape index (κ1) is 32.0. The monoisotopic (exact) mass is 645 g/mol. The van der Waals surface area contributed by atoms with Gasteiger partial charge in [0, 0.05) is 34.8 Å². The molecule has 0 radical (unpaired) electrons. The summed E-state index contributed by atoms with van der Waals surface area (Å²) in [6, 6.07) is 7.41. The number of nitrogens with zero attached hydrogens (tertiary/aromatic N) is 3. The van der Waals surface area contributed by atoms with E-state index < -0.39 is 44.8 Å². The molecule has 0 saturated carbocycles. The predicted molar refractivity (Wildman–Crippen MR) is 157 cm³/mol. The fourth-order valence-corrected chi connectivity index (χ4v) is 4.94. The molecule has 0 bridgehead atoms. The Morgan fingerprint density at radius 1 is 1.09 bits per heavy atom. The molecule has 2 heterocycles. The number of aromatic nitrogens is 3. The number of ether oxygens (including phenoxy) is 1. The number of amides is 2. The number of hydrogen-bond donors (Lipinski definition) is 2. The minimum atomic E-state index is -3.95. The molecule has 230 valence electrons. The van der Waals surface area contributed by atoms with Crippen LogP contribution in [0.2, 0.25) is 5.02 Å². The number of methoxy groups -OCH3 is 1. The van der Waals surface area contributed by atoms with Crippen LogP contribution in [0.1, 0.15) is 45.5 Å². The summed E-state index contributed by atoms with van der Waals surface area (Å²) in [5.41, 5.74) is -0.471. The largest absolute Gasteiger partial charge is 0.495 e. The van der Waals surface area contributed by atoms with Crippen LogP contribution >= 0.6 is 11.6 Å². The quantitative estimate of drug-likeness (QED) is 0.243. The summed E-state index contributed by atoms with van der Waals surface area (Å²) in [4.78, 5) is 51.5. The summed E-state index contributed by atoms with van der Waals surface area (Å²) in [5, 5.41) is 10.4. The lowest BCUT2D eigenvalue weighted by Gasteiger charge is -2.21. The van der Waals surface area contributed by atoms with E-state index >= 15 is 0 Å². The Hall–Kier alpha value is -4.89. The third kappa shape index (κ3) is 7.36. The highest BCUT2D eigenvalue weighted by Crippen LogP contribution is 2.34. The van der Waals surface area contributed by atoms with Gasteiger partial charge in [-0.3, -0.25) is 23.7 Å². The van der Waals surface area contributed by atoms with E-state index in [0.29, 0.717) is 10.6 Å². The highest BCUT2D eigenvalue weighted by molar-refractivity contribution is 7.89. The Bertz CT molecular complexity index is 1960. The average Bonchev–Trinajstić information content (AvgIpc) is 3.35. The Morgan fingerprint density at radius 2 is 1.80 bits per heavy atom. The van der Waals surface area contributed by atoms with Crippen LogP contribution in [0.15, 0.2) is 57.9 Å². The fraction of sp³-hybridized carbons (Fsp3) is 0.214. The molecule has 2 N–H and O–H groups in total. The van der Waals surface area contributed by atoms with Gasteiger partial charge >= 0.3 is 0 Å². The van der Waals surface area contributed by atoms with Crippen LogP contribution in [-0.4, -0.2) is 54.1 Å². The number of ketones is 1. The molecule has 13 nitrogen and oxygen atoms in total. The first-order valence-electron chi connectivity index (χ1n) is 12.7. The molecule has 0 spiro atoms. The molecule has 16 heteroatoms. The number of hydrogen-bond acceptors (Lipinski definition) is 10. The van der Waals surface area contributed by atoms with E-state index in [-0.39, 0.29) is 46.5 Å². The minimum absolute atomic E-state index is 0.0188. The van der Waals surface area contributed by atoms with Gasteiger partial charge in [0.2, 0.25) is 27.7 Å². The number of halogens is 2. The van der Waals surface area contributed by atoms with E-state index in [4.69, 9.17) is 20.8 Å². The lowest BCUT2D eigenvalue weighted by atomic mass is 9.97. The van der Waals surface area contributed by atoms with Crippen LogP contribution in [0, 0.1) is 12.7 Å². The zero-order chi connectivity index (χ0) is 32.3. The number of rotatable bonds is 10. The van der Waals surface area contributed by atoms with Crippen LogP contribution in [0.4, 0.5) is 10.1 Å². The number of anilines is 1. The molecule has 0 aliphatic rings. The van der Waals surface area contributed by atoms with Crippen LogP contribution in [-0.2, 0) is 21.2 Å². The number of nitrogens with one attached hydrogen (secondary N) is 2. The molecule has 4 aromatic rings. The topological polar surface area (TPSA) is 180 Å². The maximum atomic E-state index is 14.7. The van der Waals surface area contributed by atoms with Gasteiger partial charge < -0.3 is 14.5 Å². The molecule has 4 rings (SSSR count). The van der Waals surface area contributed by atoms with Gasteiger partial charge in [0.05, 0.1) is 31.5 Å². The predicted octanol–water partition coefficient (Wildman–Crippen LogP) is 3.32. The number of pyridine rings is 1. The lowest BCUT2D eigenvalue weighted by molar-refractivity contribution is -0.119. The highest BCUT2D eigenvalue weighted by Gasteiger charge is 2.27. The van der Waals surface area contributed by atoms with Gasteiger partial charge in [0.15, 0.2) is 5.78 Å². The molecule has 1 atom stereocenters. The zero-order valence-corrected chi connectivity index (χ0v) is 25.2. The van der Waals surface area contributed by atoms with E-state index in [9.17, 15) is 32.0 Å². The highest BCUT2D eigenvalue weighted by atomic mass is 35.5. The average molecular weight is 646 g/mol. The molecule has 44 heavy (non-hydrogen) atoms. The van der Waals surface area contributed by atoms with Crippen molar-refractivity contribution in [3.05, 3.63) is 92.8 Å². The van der Waals surface area contributed by atoms with Gasteiger partial charge in [-0.15, -0.1) is 10.2 Å². The number of sulfonamides is 1. The number of Topliss-reactive ketones (excluding diaryl/α,β-unsaturated/α-hetero) is 1.